The van der Waals surface area contributed by atoms with Crippen molar-refractivity contribution in [2.45, 2.75) is 18.9 Å². The quantitative estimate of drug-likeness (QED) is 0.893. The van der Waals surface area contributed by atoms with Crippen LogP contribution in [0.1, 0.15) is 23.2 Å². The Kier molecular flexibility index (Phi) is 4.27. The number of piperidine rings is 1. The van der Waals surface area contributed by atoms with Crippen LogP contribution in [-0.4, -0.2) is 44.2 Å². The number of carbonyl (C=O) groups excluding carboxylic acids is 1. The summed E-state index contributed by atoms with van der Waals surface area (Å²) in [4.78, 5) is 14.2. The molecule has 0 spiro atoms. The van der Waals surface area contributed by atoms with E-state index >= 15 is 0 Å². The van der Waals surface area contributed by atoms with Gasteiger partial charge in [0.1, 0.15) is 11.5 Å². The molecule has 1 aliphatic rings. The van der Waals surface area contributed by atoms with E-state index in [0.717, 1.165) is 19.4 Å². The van der Waals surface area contributed by atoms with E-state index in [1.807, 2.05) is 0 Å². The summed E-state index contributed by atoms with van der Waals surface area (Å²) in [7, 11) is 3.14. The van der Waals surface area contributed by atoms with E-state index in [1.165, 1.54) is 0 Å². The molecule has 5 nitrogen and oxygen atoms in total. The van der Waals surface area contributed by atoms with Crippen molar-refractivity contribution in [3.05, 3.63) is 23.8 Å². The molecule has 1 aromatic carbocycles. The van der Waals surface area contributed by atoms with Crippen LogP contribution in [0.3, 0.4) is 0 Å². The van der Waals surface area contributed by atoms with Crippen LogP contribution in [0.25, 0.3) is 0 Å². The first kappa shape index (κ1) is 13.7. The van der Waals surface area contributed by atoms with Crippen LogP contribution in [-0.2, 0) is 0 Å². The number of carbonyl (C=O) groups is 1. The van der Waals surface area contributed by atoms with Gasteiger partial charge in [-0.15, -0.1) is 0 Å². The van der Waals surface area contributed by atoms with E-state index in [2.05, 4.69) is 0 Å². The molecule has 0 unspecified atom stereocenters. The maximum atomic E-state index is 12.4. The third kappa shape index (κ3) is 3.17. The zero-order valence-electron chi connectivity index (χ0n) is 11.4. The van der Waals surface area contributed by atoms with Crippen LogP contribution in [0.2, 0.25) is 0 Å². The number of benzene rings is 1. The van der Waals surface area contributed by atoms with Crippen LogP contribution in [0, 0.1) is 0 Å². The first-order valence-electron chi connectivity index (χ1n) is 6.42. The van der Waals surface area contributed by atoms with Crippen LogP contribution in [0.4, 0.5) is 0 Å². The second kappa shape index (κ2) is 5.93. The lowest BCUT2D eigenvalue weighted by Crippen LogP contribution is -2.45. The standard InChI is InChI=1S/C14H20N2O3/c1-18-12-6-10(7-13(8-12)19-2)14(17)16-5-3-4-11(15)9-16/h6-8,11H,3-5,9,15H2,1-2H3/t11-/m1/s1. The Hall–Kier alpha value is -1.75. The van der Waals surface area contributed by atoms with Crippen molar-refractivity contribution in [1.29, 1.82) is 0 Å². The normalized spacial score (nSPS) is 19.1. The SMILES string of the molecule is COc1cc(OC)cc(C(=O)N2CCC[C@@H](N)C2)c1. The Morgan fingerprint density at radius 1 is 1.26 bits per heavy atom. The molecule has 2 rings (SSSR count). The molecule has 2 N–H and O–H groups in total. The van der Waals surface area contributed by atoms with Gasteiger partial charge in [0, 0.05) is 30.8 Å². The largest absolute Gasteiger partial charge is 0.497 e. The zero-order valence-corrected chi connectivity index (χ0v) is 11.4. The molecule has 1 atom stereocenters. The van der Waals surface area contributed by atoms with Gasteiger partial charge < -0.3 is 20.1 Å². The summed E-state index contributed by atoms with van der Waals surface area (Å²) < 4.78 is 10.4. The maximum Gasteiger partial charge on any atom is 0.254 e. The highest BCUT2D eigenvalue weighted by atomic mass is 16.5. The van der Waals surface area contributed by atoms with Crippen molar-refractivity contribution in [3.8, 4) is 11.5 Å². The zero-order chi connectivity index (χ0) is 13.8. The minimum Gasteiger partial charge on any atom is -0.497 e. The van der Waals surface area contributed by atoms with E-state index in [4.69, 9.17) is 15.2 Å². The molecule has 1 fully saturated rings. The highest BCUT2D eigenvalue weighted by Crippen LogP contribution is 2.24. The number of nitrogens with zero attached hydrogens (tertiary/aromatic N) is 1. The highest BCUT2D eigenvalue weighted by Gasteiger charge is 2.23. The lowest BCUT2D eigenvalue weighted by Gasteiger charge is -2.31. The summed E-state index contributed by atoms with van der Waals surface area (Å²) in [5, 5.41) is 0. The number of ether oxygens (including phenoxy) is 2. The van der Waals surface area contributed by atoms with Gasteiger partial charge in [-0.3, -0.25) is 4.79 Å². The second-order valence-electron chi connectivity index (χ2n) is 4.75. The number of rotatable bonds is 3. The molecule has 1 aromatic rings. The molecular weight excluding hydrogens is 244 g/mol. The van der Waals surface area contributed by atoms with Crippen molar-refractivity contribution >= 4 is 5.91 Å². The van der Waals surface area contributed by atoms with Crippen LogP contribution < -0.4 is 15.2 Å². The Morgan fingerprint density at radius 3 is 2.42 bits per heavy atom. The first-order chi connectivity index (χ1) is 9.13. The molecule has 0 aromatic heterocycles. The first-order valence-corrected chi connectivity index (χ1v) is 6.42. The molecule has 0 saturated carbocycles. The molecule has 104 valence electrons. The number of amides is 1. The highest BCUT2D eigenvalue weighted by molar-refractivity contribution is 5.95. The van der Waals surface area contributed by atoms with Gasteiger partial charge in [-0.1, -0.05) is 0 Å². The number of likely N-dealkylation sites (tertiary alicyclic amines) is 1. The van der Waals surface area contributed by atoms with Gasteiger partial charge in [0.2, 0.25) is 0 Å². The Labute approximate surface area is 113 Å². The van der Waals surface area contributed by atoms with E-state index < -0.39 is 0 Å². The molecule has 1 saturated heterocycles. The van der Waals surface area contributed by atoms with Gasteiger partial charge in [0.15, 0.2) is 0 Å². The van der Waals surface area contributed by atoms with Crippen LogP contribution >= 0.6 is 0 Å². The van der Waals surface area contributed by atoms with Crippen molar-refractivity contribution in [2.75, 3.05) is 27.3 Å². The van der Waals surface area contributed by atoms with Crippen molar-refractivity contribution in [3.63, 3.8) is 0 Å². The summed E-state index contributed by atoms with van der Waals surface area (Å²) in [6.07, 6.45) is 1.93. The minimum absolute atomic E-state index is 0.0210. The molecule has 0 radical (unpaired) electrons. The smallest absolute Gasteiger partial charge is 0.254 e. The number of hydrogen-bond donors (Lipinski definition) is 1. The summed E-state index contributed by atoms with van der Waals surface area (Å²) in [6, 6.07) is 5.28. The third-order valence-electron chi connectivity index (χ3n) is 3.34. The summed E-state index contributed by atoms with van der Waals surface area (Å²) in [6.45, 7) is 1.37. The second-order valence-corrected chi connectivity index (χ2v) is 4.75. The predicted octanol–water partition coefficient (Wildman–Crippen LogP) is 1.27. The van der Waals surface area contributed by atoms with Gasteiger partial charge in [-0.05, 0) is 25.0 Å². The lowest BCUT2D eigenvalue weighted by molar-refractivity contribution is 0.0708. The van der Waals surface area contributed by atoms with E-state index in [0.29, 0.717) is 23.6 Å². The van der Waals surface area contributed by atoms with Gasteiger partial charge >= 0.3 is 0 Å². The number of nitrogens with two attached hydrogens (primary N) is 1. The minimum atomic E-state index is -0.0210. The molecular formula is C14H20N2O3. The Morgan fingerprint density at radius 2 is 1.89 bits per heavy atom. The van der Waals surface area contributed by atoms with Gasteiger partial charge in [-0.2, -0.15) is 0 Å². The maximum absolute atomic E-state index is 12.4. The fourth-order valence-corrected chi connectivity index (χ4v) is 2.31. The molecule has 19 heavy (non-hydrogen) atoms. The van der Waals surface area contributed by atoms with Crippen molar-refractivity contribution in [2.24, 2.45) is 5.73 Å². The van der Waals surface area contributed by atoms with Crippen LogP contribution in [0.5, 0.6) is 11.5 Å². The van der Waals surface area contributed by atoms with Crippen molar-refractivity contribution < 1.29 is 14.3 Å². The average Bonchev–Trinajstić information content (AvgIpc) is 2.45. The van der Waals surface area contributed by atoms with Gasteiger partial charge in [0.25, 0.3) is 5.91 Å². The van der Waals surface area contributed by atoms with E-state index in [-0.39, 0.29) is 11.9 Å². The van der Waals surface area contributed by atoms with Crippen LogP contribution in [0.15, 0.2) is 18.2 Å². The average molecular weight is 264 g/mol. The fourth-order valence-electron chi connectivity index (χ4n) is 2.31. The number of methoxy groups -OCH3 is 2. The van der Waals surface area contributed by atoms with E-state index in [1.54, 1.807) is 37.3 Å². The molecule has 1 heterocycles. The summed E-state index contributed by atoms with van der Waals surface area (Å²) >= 11 is 0. The predicted molar refractivity (Wildman–Crippen MR) is 72.7 cm³/mol. The third-order valence-corrected chi connectivity index (χ3v) is 3.34. The Balaban J connectivity index is 2.22. The monoisotopic (exact) mass is 264 g/mol. The summed E-state index contributed by atoms with van der Waals surface area (Å²) in [5.74, 6) is 1.21. The molecule has 5 heteroatoms. The summed E-state index contributed by atoms with van der Waals surface area (Å²) in [5.41, 5.74) is 6.48. The van der Waals surface area contributed by atoms with Crippen molar-refractivity contribution in [1.82, 2.24) is 4.90 Å². The fraction of sp³-hybridized carbons (Fsp3) is 0.500. The lowest BCUT2D eigenvalue weighted by atomic mass is 10.1. The topological polar surface area (TPSA) is 64.8 Å². The molecule has 1 amide bonds. The molecule has 0 aliphatic carbocycles. The van der Waals surface area contributed by atoms with Gasteiger partial charge in [-0.25, -0.2) is 0 Å². The molecule has 1 aliphatic heterocycles. The molecule has 0 bridgehead atoms. The Bertz CT molecular complexity index is 440. The van der Waals surface area contributed by atoms with Gasteiger partial charge in [0.05, 0.1) is 14.2 Å². The number of hydrogen-bond acceptors (Lipinski definition) is 4. The van der Waals surface area contributed by atoms with E-state index in [9.17, 15) is 4.79 Å².